The zero-order valence-electron chi connectivity index (χ0n) is 24.3. The summed E-state index contributed by atoms with van der Waals surface area (Å²) in [6.45, 7) is 7.65. The molecule has 2 unspecified atom stereocenters. The standard InChI is InChI=1S/C32H41N5OS2/c1-21(2)30(33)24-10-7-9-23(18-24)19-27(32-37(6)28-14-13-22(3)17-29(28)39-32)35-40-26-12-8-11-25(20-26)31(38)34-15-16-36(4)5/h7-14,17-18,20,27,32,35H,15-16,19,33H2,1-6H3,(H,34,38). The number of carbonyl (C=O) groups is 1. The number of aryl methyl sites for hydroxylation is 1. The predicted octanol–water partition coefficient (Wildman–Crippen LogP) is 5.77. The van der Waals surface area contributed by atoms with Gasteiger partial charge < -0.3 is 20.9 Å². The molecule has 0 fully saturated rings. The molecule has 6 nitrogen and oxygen atoms in total. The second-order valence-electron chi connectivity index (χ2n) is 10.8. The molecule has 212 valence electrons. The van der Waals surface area contributed by atoms with Crippen molar-refractivity contribution in [3.63, 3.8) is 0 Å². The van der Waals surface area contributed by atoms with Gasteiger partial charge >= 0.3 is 0 Å². The maximum Gasteiger partial charge on any atom is 0.251 e. The van der Waals surface area contributed by atoms with Gasteiger partial charge in [0.05, 0.1) is 17.1 Å². The quantitative estimate of drug-likeness (QED) is 0.251. The van der Waals surface area contributed by atoms with Crippen molar-refractivity contribution in [2.45, 2.75) is 48.4 Å². The van der Waals surface area contributed by atoms with Crippen LogP contribution in [0.2, 0.25) is 0 Å². The first-order chi connectivity index (χ1) is 19.1. The maximum atomic E-state index is 12.7. The molecule has 0 saturated carbocycles. The third-order valence-electron chi connectivity index (χ3n) is 6.97. The molecule has 0 spiro atoms. The van der Waals surface area contributed by atoms with E-state index in [2.05, 4.69) is 76.3 Å². The highest BCUT2D eigenvalue weighted by Crippen LogP contribution is 2.45. The van der Waals surface area contributed by atoms with Crippen molar-refractivity contribution in [2.24, 2.45) is 5.73 Å². The van der Waals surface area contributed by atoms with Crippen molar-refractivity contribution in [3.8, 4) is 0 Å². The largest absolute Gasteiger partial charge is 0.398 e. The summed E-state index contributed by atoms with van der Waals surface area (Å²) in [5.74, 6) is -0.0496. The van der Waals surface area contributed by atoms with E-state index >= 15 is 0 Å². The zero-order valence-corrected chi connectivity index (χ0v) is 26.0. The minimum atomic E-state index is -0.0496. The lowest BCUT2D eigenvalue weighted by molar-refractivity contribution is 0.0951. The number of amides is 1. The molecule has 40 heavy (non-hydrogen) atoms. The van der Waals surface area contributed by atoms with Crippen LogP contribution in [0.15, 0.2) is 82.1 Å². The van der Waals surface area contributed by atoms with Gasteiger partial charge in [0.1, 0.15) is 0 Å². The summed E-state index contributed by atoms with van der Waals surface area (Å²) in [5.41, 5.74) is 13.8. The topological polar surface area (TPSA) is 73.6 Å². The van der Waals surface area contributed by atoms with Crippen molar-refractivity contribution in [3.05, 3.63) is 94.6 Å². The summed E-state index contributed by atoms with van der Waals surface area (Å²) in [6.07, 6.45) is 0.830. The number of likely N-dealkylation sites (N-methyl/N-ethyl adjacent to an activating group) is 2. The number of fused-ring (bicyclic) bond motifs is 1. The van der Waals surface area contributed by atoms with E-state index in [4.69, 9.17) is 5.73 Å². The molecule has 1 aliphatic heterocycles. The van der Waals surface area contributed by atoms with Gasteiger partial charge in [-0.15, -0.1) is 0 Å². The van der Waals surface area contributed by atoms with Gasteiger partial charge in [-0.2, -0.15) is 0 Å². The van der Waals surface area contributed by atoms with Crippen LogP contribution in [0.3, 0.4) is 0 Å². The first-order valence-electron chi connectivity index (χ1n) is 13.6. The average molecular weight is 576 g/mol. The van der Waals surface area contributed by atoms with Gasteiger partial charge in [-0.1, -0.05) is 47.7 Å². The summed E-state index contributed by atoms with van der Waals surface area (Å²) in [4.78, 5) is 19.5. The number of nitrogens with one attached hydrogen (secondary N) is 2. The van der Waals surface area contributed by atoms with Crippen LogP contribution < -0.4 is 20.7 Å². The van der Waals surface area contributed by atoms with Crippen LogP contribution in [0.1, 0.15) is 40.9 Å². The average Bonchev–Trinajstić information content (AvgIpc) is 3.25. The Balaban J connectivity index is 1.54. The van der Waals surface area contributed by atoms with E-state index in [1.54, 1.807) is 11.9 Å². The van der Waals surface area contributed by atoms with Gasteiger partial charge in [0, 0.05) is 41.2 Å². The van der Waals surface area contributed by atoms with Crippen molar-refractivity contribution >= 4 is 41.0 Å². The molecule has 3 aromatic carbocycles. The van der Waals surface area contributed by atoms with Gasteiger partial charge in [0.15, 0.2) is 0 Å². The minimum absolute atomic E-state index is 0.0496. The van der Waals surface area contributed by atoms with Gasteiger partial charge in [-0.3, -0.25) is 9.52 Å². The van der Waals surface area contributed by atoms with E-state index in [1.165, 1.54) is 21.7 Å². The van der Waals surface area contributed by atoms with Gasteiger partial charge in [0.25, 0.3) is 5.91 Å². The molecule has 1 heterocycles. The molecule has 2 atom stereocenters. The normalized spacial score (nSPS) is 15.2. The van der Waals surface area contributed by atoms with Crippen molar-refractivity contribution in [1.82, 2.24) is 14.9 Å². The molecule has 0 radical (unpaired) electrons. The molecule has 0 aromatic heterocycles. The summed E-state index contributed by atoms with van der Waals surface area (Å²) in [7, 11) is 6.17. The van der Waals surface area contributed by atoms with Crippen molar-refractivity contribution in [2.75, 3.05) is 39.1 Å². The van der Waals surface area contributed by atoms with Gasteiger partial charge in [-0.05, 0) is 106 Å². The third-order valence-corrected chi connectivity index (χ3v) is 9.35. The molecule has 4 N–H and O–H groups in total. The van der Waals surface area contributed by atoms with Crippen LogP contribution in [0.25, 0.3) is 5.70 Å². The first kappa shape index (κ1) is 30.1. The summed E-state index contributed by atoms with van der Waals surface area (Å²) >= 11 is 3.49. The van der Waals surface area contributed by atoms with E-state index in [0.29, 0.717) is 12.1 Å². The van der Waals surface area contributed by atoms with Crippen LogP contribution in [-0.2, 0) is 6.42 Å². The highest BCUT2D eigenvalue weighted by Gasteiger charge is 2.34. The Labute approximate surface area is 247 Å². The number of nitrogens with two attached hydrogens (primary N) is 1. The number of allylic oxidation sites excluding steroid dienone is 1. The van der Waals surface area contributed by atoms with E-state index in [1.807, 2.05) is 64.0 Å². The third kappa shape index (κ3) is 7.63. The fraction of sp³-hybridized carbons (Fsp3) is 0.344. The number of carbonyl (C=O) groups excluding carboxylic acids is 1. The smallest absolute Gasteiger partial charge is 0.251 e. The lowest BCUT2D eigenvalue weighted by Crippen LogP contribution is -2.44. The number of rotatable bonds is 11. The van der Waals surface area contributed by atoms with Crippen molar-refractivity contribution in [1.29, 1.82) is 0 Å². The fourth-order valence-corrected chi connectivity index (χ4v) is 7.02. The fourth-order valence-electron chi connectivity index (χ4n) is 4.65. The number of hydrogen-bond donors (Lipinski definition) is 3. The molecule has 3 aromatic rings. The summed E-state index contributed by atoms with van der Waals surface area (Å²) in [5, 5.41) is 3.21. The Morgan fingerprint density at radius 2 is 1.82 bits per heavy atom. The molecule has 0 bridgehead atoms. The zero-order chi connectivity index (χ0) is 28.8. The highest BCUT2D eigenvalue weighted by molar-refractivity contribution is 8.00. The second kappa shape index (κ2) is 13.6. The Hall–Kier alpha value is -2.91. The van der Waals surface area contributed by atoms with Crippen molar-refractivity contribution < 1.29 is 4.79 Å². The first-order valence-corrected chi connectivity index (χ1v) is 15.3. The molecular formula is C32H41N5OS2. The number of nitrogens with zero attached hydrogens (tertiary/aromatic N) is 2. The number of hydrogen-bond acceptors (Lipinski definition) is 7. The molecular weight excluding hydrogens is 535 g/mol. The minimum Gasteiger partial charge on any atom is -0.398 e. The Kier molecular flexibility index (Phi) is 10.2. The Morgan fingerprint density at radius 3 is 2.58 bits per heavy atom. The Bertz CT molecular complexity index is 1370. The van der Waals surface area contributed by atoms with Gasteiger partial charge in [0.2, 0.25) is 0 Å². The number of anilines is 1. The van der Waals surface area contributed by atoms with E-state index in [-0.39, 0.29) is 17.3 Å². The van der Waals surface area contributed by atoms with E-state index in [0.717, 1.165) is 34.7 Å². The monoisotopic (exact) mass is 575 g/mol. The molecule has 1 aliphatic rings. The number of thioether (sulfide) groups is 1. The molecule has 8 heteroatoms. The molecule has 0 aliphatic carbocycles. The molecule has 1 amide bonds. The van der Waals surface area contributed by atoms with Crippen LogP contribution in [0.5, 0.6) is 0 Å². The summed E-state index contributed by atoms with van der Waals surface area (Å²) in [6, 6.07) is 23.2. The van der Waals surface area contributed by atoms with Crippen LogP contribution >= 0.6 is 23.7 Å². The molecule has 4 rings (SSSR count). The van der Waals surface area contributed by atoms with E-state index < -0.39 is 0 Å². The van der Waals surface area contributed by atoms with E-state index in [9.17, 15) is 4.79 Å². The lowest BCUT2D eigenvalue weighted by atomic mass is 10.0. The second-order valence-corrected chi connectivity index (χ2v) is 12.9. The van der Waals surface area contributed by atoms with Crippen LogP contribution in [0.4, 0.5) is 5.69 Å². The maximum absolute atomic E-state index is 12.7. The predicted molar refractivity (Wildman–Crippen MR) is 172 cm³/mol. The highest BCUT2D eigenvalue weighted by atomic mass is 32.2. The number of benzene rings is 3. The van der Waals surface area contributed by atoms with Crippen LogP contribution in [-0.4, -0.2) is 56.5 Å². The van der Waals surface area contributed by atoms with Crippen LogP contribution in [0, 0.1) is 6.92 Å². The molecule has 0 saturated heterocycles. The SMILES string of the molecule is CC(C)=C(N)c1cccc(CC(NSc2cccc(C(=O)NCCN(C)C)c2)C2Sc3cc(C)ccc3N2C)c1. The van der Waals surface area contributed by atoms with Gasteiger partial charge in [-0.25, -0.2) is 0 Å². The summed E-state index contributed by atoms with van der Waals surface area (Å²) < 4.78 is 3.77. The lowest BCUT2D eigenvalue weighted by Gasteiger charge is -2.30. The Morgan fingerprint density at radius 1 is 1.07 bits per heavy atom.